The quantitative estimate of drug-likeness (QED) is 0.809. The molecule has 0 aliphatic carbocycles. The molecular weight excluding hydrogens is 204 g/mol. The summed E-state index contributed by atoms with van der Waals surface area (Å²) in [6.07, 6.45) is 0. The van der Waals surface area contributed by atoms with E-state index >= 15 is 0 Å². The highest BCUT2D eigenvalue weighted by atomic mass is 16.3. The second-order valence-corrected chi connectivity index (χ2v) is 3.45. The Labute approximate surface area is 93.5 Å². The Hall–Kier alpha value is -1.88. The first-order valence-electron chi connectivity index (χ1n) is 5.18. The van der Waals surface area contributed by atoms with Gasteiger partial charge in [-0.2, -0.15) is 0 Å². The lowest BCUT2D eigenvalue weighted by molar-refractivity contribution is 0.475. The Kier molecular flexibility index (Phi) is 2.87. The van der Waals surface area contributed by atoms with Gasteiger partial charge in [0.25, 0.3) is 0 Å². The van der Waals surface area contributed by atoms with E-state index in [1.54, 1.807) is 22.9 Å². The molecule has 84 valence electrons. The van der Waals surface area contributed by atoms with Crippen LogP contribution in [0.4, 0.5) is 0 Å². The number of hydrogen-bond donors (Lipinski definition) is 2. The third kappa shape index (κ3) is 1.77. The molecule has 2 rings (SSSR count). The number of hydrogen-bond acceptors (Lipinski definition) is 4. The third-order valence-corrected chi connectivity index (χ3v) is 2.42. The zero-order valence-electron chi connectivity index (χ0n) is 9.09. The van der Waals surface area contributed by atoms with Gasteiger partial charge in [0.1, 0.15) is 11.4 Å². The maximum Gasteiger partial charge on any atom is 0.116 e. The lowest BCUT2D eigenvalue weighted by atomic mass is 10.1. The van der Waals surface area contributed by atoms with E-state index in [1.807, 2.05) is 13.0 Å². The van der Waals surface area contributed by atoms with Crippen LogP contribution in [-0.2, 0) is 13.1 Å². The van der Waals surface area contributed by atoms with E-state index in [9.17, 15) is 5.11 Å². The molecule has 0 saturated carbocycles. The molecule has 0 fully saturated rings. The molecule has 0 spiro atoms. The Morgan fingerprint density at radius 2 is 2.25 bits per heavy atom. The second kappa shape index (κ2) is 4.32. The molecule has 0 atom stereocenters. The lowest BCUT2D eigenvalue weighted by Crippen LogP contribution is -2.02. The van der Waals surface area contributed by atoms with E-state index in [-0.39, 0.29) is 5.75 Å². The molecule has 3 N–H and O–H groups in total. The van der Waals surface area contributed by atoms with Crippen molar-refractivity contribution in [3.8, 4) is 17.0 Å². The van der Waals surface area contributed by atoms with Gasteiger partial charge >= 0.3 is 0 Å². The molecule has 2 aromatic rings. The minimum absolute atomic E-state index is 0.226. The molecule has 0 aliphatic heterocycles. The smallest absolute Gasteiger partial charge is 0.116 e. The van der Waals surface area contributed by atoms with Crippen LogP contribution in [0.1, 0.15) is 12.6 Å². The molecular formula is C11H14N4O. The molecule has 1 aromatic heterocycles. The van der Waals surface area contributed by atoms with Crippen molar-refractivity contribution in [3.63, 3.8) is 0 Å². The summed E-state index contributed by atoms with van der Waals surface area (Å²) in [7, 11) is 0. The summed E-state index contributed by atoms with van der Waals surface area (Å²) in [5, 5.41) is 17.5. The number of phenols is 1. The summed E-state index contributed by atoms with van der Waals surface area (Å²) in [6.45, 7) is 3.05. The zero-order valence-corrected chi connectivity index (χ0v) is 9.09. The normalized spacial score (nSPS) is 10.6. The van der Waals surface area contributed by atoms with Crippen molar-refractivity contribution < 1.29 is 5.11 Å². The highest BCUT2D eigenvalue weighted by Gasteiger charge is 2.12. The fourth-order valence-corrected chi connectivity index (χ4v) is 1.68. The molecule has 16 heavy (non-hydrogen) atoms. The standard InChI is InChI=1S/C11H14N4O/c1-2-15-11(10(7-12)13-14-15)8-4-3-5-9(16)6-8/h3-6,16H,2,7,12H2,1H3. The van der Waals surface area contributed by atoms with Crippen molar-refractivity contribution in [2.75, 3.05) is 0 Å². The average Bonchev–Trinajstić information content (AvgIpc) is 2.71. The summed E-state index contributed by atoms with van der Waals surface area (Å²) in [4.78, 5) is 0. The van der Waals surface area contributed by atoms with Crippen LogP contribution in [0.2, 0.25) is 0 Å². The first-order chi connectivity index (χ1) is 7.76. The minimum Gasteiger partial charge on any atom is -0.508 e. The van der Waals surface area contributed by atoms with Gasteiger partial charge in [-0.1, -0.05) is 17.3 Å². The third-order valence-electron chi connectivity index (χ3n) is 2.42. The van der Waals surface area contributed by atoms with Crippen LogP contribution in [0.3, 0.4) is 0 Å². The van der Waals surface area contributed by atoms with E-state index in [0.29, 0.717) is 6.54 Å². The van der Waals surface area contributed by atoms with Gasteiger partial charge in [-0.25, -0.2) is 4.68 Å². The summed E-state index contributed by atoms with van der Waals surface area (Å²) >= 11 is 0. The molecule has 1 heterocycles. The topological polar surface area (TPSA) is 77.0 Å². The number of benzene rings is 1. The number of nitrogens with zero attached hydrogens (tertiary/aromatic N) is 3. The van der Waals surface area contributed by atoms with Crippen molar-refractivity contribution in [1.82, 2.24) is 15.0 Å². The van der Waals surface area contributed by atoms with Crippen molar-refractivity contribution >= 4 is 0 Å². The Morgan fingerprint density at radius 1 is 1.44 bits per heavy atom. The largest absolute Gasteiger partial charge is 0.508 e. The molecule has 0 aliphatic rings. The summed E-state index contributed by atoms with van der Waals surface area (Å²) in [6, 6.07) is 7.01. The average molecular weight is 218 g/mol. The van der Waals surface area contributed by atoms with Gasteiger partial charge in [0.15, 0.2) is 0 Å². The van der Waals surface area contributed by atoms with E-state index in [0.717, 1.165) is 23.5 Å². The van der Waals surface area contributed by atoms with Gasteiger partial charge in [-0.05, 0) is 19.1 Å². The van der Waals surface area contributed by atoms with Gasteiger partial charge in [0.05, 0.1) is 5.69 Å². The molecule has 0 unspecified atom stereocenters. The first-order valence-corrected chi connectivity index (χ1v) is 5.18. The monoisotopic (exact) mass is 218 g/mol. The van der Waals surface area contributed by atoms with Crippen LogP contribution in [0.5, 0.6) is 5.75 Å². The Bertz CT molecular complexity index is 471. The fraction of sp³-hybridized carbons (Fsp3) is 0.273. The summed E-state index contributed by atoms with van der Waals surface area (Å²) in [5.74, 6) is 0.226. The maximum atomic E-state index is 9.46. The number of aromatic nitrogens is 3. The zero-order chi connectivity index (χ0) is 11.5. The number of aromatic hydroxyl groups is 1. The van der Waals surface area contributed by atoms with Crippen LogP contribution in [0.15, 0.2) is 24.3 Å². The lowest BCUT2D eigenvalue weighted by Gasteiger charge is -2.05. The van der Waals surface area contributed by atoms with Crippen molar-refractivity contribution in [3.05, 3.63) is 30.0 Å². The maximum absolute atomic E-state index is 9.46. The van der Waals surface area contributed by atoms with Gasteiger partial charge in [0, 0.05) is 18.7 Å². The van der Waals surface area contributed by atoms with E-state index in [1.165, 1.54) is 0 Å². The fourth-order valence-electron chi connectivity index (χ4n) is 1.68. The van der Waals surface area contributed by atoms with Crippen LogP contribution < -0.4 is 5.73 Å². The van der Waals surface area contributed by atoms with Crippen LogP contribution in [0.25, 0.3) is 11.3 Å². The molecule has 5 heteroatoms. The highest BCUT2D eigenvalue weighted by Crippen LogP contribution is 2.25. The summed E-state index contributed by atoms with van der Waals surface area (Å²) < 4.78 is 1.77. The van der Waals surface area contributed by atoms with Gasteiger partial charge in [0.2, 0.25) is 0 Å². The van der Waals surface area contributed by atoms with Crippen molar-refractivity contribution in [2.45, 2.75) is 20.0 Å². The van der Waals surface area contributed by atoms with Gasteiger partial charge in [-0.3, -0.25) is 0 Å². The highest BCUT2D eigenvalue weighted by molar-refractivity contribution is 5.63. The first kappa shape index (κ1) is 10.6. The Morgan fingerprint density at radius 3 is 2.88 bits per heavy atom. The number of phenolic OH excluding ortho intramolecular Hbond substituents is 1. The van der Waals surface area contributed by atoms with E-state index in [4.69, 9.17) is 5.73 Å². The van der Waals surface area contributed by atoms with Crippen molar-refractivity contribution in [2.24, 2.45) is 5.73 Å². The Balaban J connectivity index is 2.57. The number of nitrogens with two attached hydrogens (primary N) is 1. The van der Waals surface area contributed by atoms with Crippen LogP contribution in [-0.4, -0.2) is 20.1 Å². The summed E-state index contributed by atoms with van der Waals surface area (Å²) in [5.41, 5.74) is 8.12. The molecule has 1 aromatic carbocycles. The molecule has 0 amide bonds. The van der Waals surface area contributed by atoms with E-state index in [2.05, 4.69) is 10.3 Å². The van der Waals surface area contributed by atoms with E-state index < -0.39 is 0 Å². The predicted octanol–water partition coefficient (Wildman–Crippen LogP) is 1.13. The van der Waals surface area contributed by atoms with Crippen molar-refractivity contribution in [1.29, 1.82) is 0 Å². The SMILES string of the molecule is CCn1nnc(CN)c1-c1cccc(O)c1. The second-order valence-electron chi connectivity index (χ2n) is 3.45. The van der Waals surface area contributed by atoms with Gasteiger partial charge < -0.3 is 10.8 Å². The number of aryl methyl sites for hydroxylation is 1. The molecule has 0 bridgehead atoms. The molecule has 0 saturated heterocycles. The van der Waals surface area contributed by atoms with Crippen LogP contribution in [0, 0.1) is 0 Å². The van der Waals surface area contributed by atoms with Gasteiger partial charge in [-0.15, -0.1) is 5.10 Å². The molecule has 5 nitrogen and oxygen atoms in total. The van der Waals surface area contributed by atoms with Crippen LogP contribution >= 0.6 is 0 Å². The molecule has 0 radical (unpaired) electrons. The number of rotatable bonds is 3. The minimum atomic E-state index is 0.226. The predicted molar refractivity (Wildman–Crippen MR) is 60.7 cm³/mol.